The minimum absolute atomic E-state index is 0.103. The molecule has 76 valence electrons. The number of carboxylic acid groups (broad SMARTS) is 1. The Hall–Kier alpha value is -1.71. The predicted molar refractivity (Wildman–Crippen MR) is 53.6 cm³/mol. The third-order valence-electron chi connectivity index (χ3n) is 1.93. The zero-order valence-electron chi connectivity index (χ0n) is 7.97. The maximum absolute atomic E-state index is 10.5. The van der Waals surface area contributed by atoms with E-state index in [1.54, 1.807) is 29.2 Å². The number of para-hydroxylation sites is 2. The van der Waals surface area contributed by atoms with Crippen molar-refractivity contribution >= 4 is 11.7 Å². The summed E-state index contributed by atoms with van der Waals surface area (Å²) in [6, 6.07) is 6.70. The number of hydrogen-bond acceptors (Lipinski definition) is 3. The molecule has 1 aromatic rings. The molecule has 4 nitrogen and oxygen atoms in total. The Morgan fingerprint density at radius 1 is 1.43 bits per heavy atom. The molecule has 4 heteroatoms. The highest BCUT2D eigenvalue weighted by Gasteiger charge is 2.11. The Morgan fingerprint density at radius 3 is 2.57 bits per heavy atom. The summed E-state index contributed by atoms with van der Waals surface area (Å²) in [5, 5.41) is 18.1. The number of hydrogen-bond donors (Lipinski definition) is 2. The number of phenols is 1. The summed E-state index contributed by atoms with van der Waals surface area (Å²) in [6.45, 7) is 2.29. The molecule has 0 fully saturated rings. The van der Waals surface area contributed by atoms with Crippen molar-refractivity contribution in [2.45, 2.75) is 6.92 Å². The normalized spacial score (nSPS) is 9.79. The quantitative estimate of drug-likeness (QED) is 0.760. The Labute approximate surface area is 82.4 Å². The third kappa shape index (κ3) is 2.39. The Kier molecular flexibility index (Phi) is 3.34. The smallest absolute Gasteiger partial charge is 0.323 e. The van der Waals surface area contributed by atoms with Gasteiger partial charge in [-0.1, -0.05) is 12.1 Å². The van der Waals surface area contributed by atoms with Gasteiger partial charge in [-0.3, -0.25) is 4.79 Å². The second kappa shape index (κ2) is 4.50. The predicted octanol–water partition coefficient (Wildman–Crippen LogP) is 1.30. The Bertz CT molecular complexity index is 325. The third-order valence-corrected chi connectivity index (χ3v) is 1.93. The molecule has 0 saturated carbocycles. The highest BCUT2D eigenvalue weighted by molar-refractivity contribution is 5.75. The van der Waals surface area contributed by atoms with E-state index in [1.165, 1.54) is 0 Å². The average molecular weight is 195 g/mol. The van der Waals surface area contributed by atoms with E-state index in [2.05, 4.69) is 0 Å². The molecule has 14 heavy (non-hydrogen) atoms. The first-order valence-corrected chi connectivity index (χ1v) is 4.40. The van der Waals surface area contributed by atoms with Crippen LogP contribution < -0.4 is 4.90 Å². The van der Waals surface area contributed by atoms with Crippen molar-refractivity contribution in [3.8, 4) is 5.75 Å². The van der Waals surface area contributed by atoms with Crippen molar-refractivity contribution < 1.29 is 15.0 Å². The molecule has 2 N–H and O–H groups in total. The molecular formula is C10H13NO3. The molecule has 0 aromatic heterocycles. The fraction of sp³-hybridized carbons (Fsp3) is 0.300. The van der Waals surface area contributed by atoms with Gasteiger partial charge in [0.25, 0.3) is 0 Å². The number of carbonyl (C=O) groups is 1. The summed E-state index contributed by atoms with van der Waals surface area (Å²) in [6.07, 6.45) is 0. The van der Waals surface area contributed by atoms with E-state index in [0.717, 1.165) is 0 Å². The van der Waals surface area contributed by atoms with Gasteiger partial charge in [0.2, 0.25) is 0 Å². The van der Waals surface area contributed by atoms with Crippen LogP contribution in [-0.4, -0.2) is 29.3 Å². The van der Waals surface area contributed by atoms with Crippen LogP contribution in [0.3, 0.4) is 0 Å². The SMILES string of the molecule is CCN(CC(=O)O)c1ccccc1O. The van der Waals surface area contributed by atoms with Gasteiger partial charge >= 0.3 is 5.97 Å². The number of nitrogens with zero attached hydrogens (tertiary/aromatic N) is 1. The fourth-order valence-corrected chi connectivity index (χ4v) is 1.26. The second-order valence-corrected chi connectivity index (χ2v) is 2.90. The monoisotopic (exact) mass is 195 g/mol. The van der Waals surface area contributed by atoms with Crippen LogP contribution in [0.15, 0.2) is 24.3 Å². The summed E-state index contributed by atoms with van der Waals surface area (Å²) in [5.41, 5.74) is 0.553. The largest absolute Gasteiger partial charge is 0.506 e. The van der Waals surface area contributed by atoms with E-state index < -0.39 is 5.97 Å². The highest BCUT2D eigenvalue weighted by Crippen LogP contribution is 2.25. The lowest BCUT2D eigenvalue weighted by molar-refractivity contribution is -0.135. The van der Waals surface area contributed by atoms with Gasteiger partial charge in [-0.2, -0.15) is 0 Å². The maximum atomic E-state index is 10.5. The van der Waals surface area contributed by atoms with Crippen molar-refractivity contribution in [2.24, 2.45) is 0 Å². The standard InChI is InChI=1S/C10H13NO3/c1-2-11(7-10(13)14)8-5-3-4-6-9(8)12/h3-6,12H,2,7H2,1H3,(H,13,14). The molecule has 1 aromatic carbocycles. The number of carboxylic acids is 1. The molecule has 0 saturated heterocycles. The Balaban J connectivity index is 2.89. The van der Waals surface area contributed by atoms with E-state index >= 15 is 0 Å². The molecular weight excluding hydrogens is 182 g/mol. The van der Waals surface area contributed by atoms with Gasteiger partial charge in [0.05, 0.1) is 5.69 Å². The minimum atomic E-state index is -0.907. The van der Waals surface area contributed by atoms with Gasteiger partial charge < -0.3 is 15.1 Å². The molecule has 0 radical (unpaired) electrons. The molecule has 0 aliphatic heterocycles. The van der Waals surface area contributed by atoms with E-state index in [0.29, 0.717) is 12.2 Å². The molecule has 0 amide bonds. The van der Waals surface area contributed by atoms with Crippen LogP contribution in [0, 0.1) is 0 Å². The van der Waals surface area contributed by atoms with Gasteiger partial charge in [0.1, 0.15) is 12.3 Å². The van der Waals surface area contributed by atoms with Gasteiger partial charge in [-0.05, 0) is 19.1 Å². The lowest BCUT2D eigenvalue weighted by Crippen LogP contribution is -2.29. The average Bonchev–Trinajstić information content (AvgIpc) is 2.15. The van der Waals surface area contributed by atoms with Gasteiger partial charge in [0, 0.05) is 6.54 Å². The number of aliphatic carboxylic acids is 1. The summed E-state index contributed by atoms with van der Waals surface area (Å²) in [7, 11) is 0. The van der Waals surface area contributed by atoms with E-state index in [1.807, 2.05) is 6.92 Å². The van der Waals surface area contributed by atoms with E-state index in [9.17, 15) is 9.90 Å². The molecule has 0 unspecified atom stereocenters. The maximum Gasteiger partial charge on any atom is 0.323 e. The number of likely N-dealkylation sites (N-methyl/N-ethyl adjacent to an activating group) is 1. The van der Waals surface area contributed by atoms with Gasteiger partial charge in [-0.15, -0.1) is 0 Å². The lowest BCUT2D eigenvalue weighted by atomic mass is 10.2. The van der Waals surface area contributed by atoms with E-state index in [4.69, 9.17) is 5.11 Å². The summed E-state index contributed by atoms with van der Waals surface area (Å²) in [5.74, 6) is -0.800. The first-order chi connectivity index (χ1) is 6.65. The number of rotatable bonds is 4. The molecule has 0 aliphatic rings. The topological polar surface area (TPSA) is 60.8 Å². The molecule has 0 atom stereocenters. The molecule has 0 spiro atoms. The van der Waals surface area contributed by atoms with Crippen LogP contribution in [0.5, 0.6) is 5.75 Å². The number of benzene rings is 1. The van der Waals surface area contributed by atoms with Crippen LogP contribution in [0.1, 0.15) is 6.92 Å². The van der Waals surface area contributed by atoms with Gasteiger partial charge in [0.15, 0.2) is 0 Å². The first kappa shape index (κ1) is 10.4. The Morgan fingerprint density at radius 2 is 2.07 bits per heavy atom. The zero-order valence-corrected chi connectivity index (χ0v) is 7.97. The number of anilines is 1. The van der Waals surface area contributed by atoms with Crippen molar-refractivity contribution in [3.63, 3.8) is 0 Å². The van der Waals surface area contributed by atoms with Crippen molar-refractivity contribution in [1.29, 1.82) is 0 Å². The lowest BCUT2D eigenvalue weighted by Gasteiger charge is -2.21. The van der Waals surface area contributed by atoms with Crippen LogP contribution in [0.25, 0.3) is 0 Å². The summed E-state index contributed by atoms with van der Waals surface area (Å²) >= 11 is 0. The molecule has 1 rings (SSSR count). The van der Waals surface area contributed by atoms with E-state index in [-0.39, 0.29) is 12.3 Å². The first-order valence-electron chi connectivity index (χ1n) is 4.40. The van der Waals surface area contributed by atoms with Crippen LogP contribution in [0.4, 0.5) is 5.69 Å². The highest BCUT2D eigenvalue weighted by atomic mass is 16.4. The van der Waals surface area contributed by atoms with Gasteiger partial charge in [-0.25, -0.2) is 0 Å². The minimum Gasteiger partial charge on any atom is -0.506 e. The number of phenolic OH excluding ortho intramolecular Hbond substituents is 1. The zero-order chi connectivity index (χ0) is 10.6. The van der Waals surface area contributed by atoms with Crippen molar-refractivity contribution in [2.75, 3.05) is 18.0 Å². The molecule has 0 bridgehead atoms. The molecule has 0 aliphatic carbocycles. The fourth-order valence-electron chi connectivity index (χ4n) is 1.26. The van der Waals surface area contributed by atoms with Crippen molar-refractivity contribution in [1.82, 2.24) is 0 Å². The summed E-state index contributed by atoms with van der Waals surface area (Å²) in [4.78, 5) is 12.1. The van der Waals surface area contributed by atoms with Crippen molar-refractivity contribution in [3.05, 3.63) is 24.3 Å². The second-order valence-electron chi connectivity index (χ2n) is 2.90. The molecule has 0 heterocycles. The van der Waals surface area contributed by atoms with Crippen LogP contribution >= 0.6 is 0 Å². The van der Waals surface area contributed by atoms with Crippen LogP contribution in [-0.2, 0) is 4.79 Å². The summed E-state index contributed by atoms with van der Waals surface area (Å²) < 4.78 is 0. The number of aromatic hydroxyl groups is 1. The van der Waals surface area contributed by atoms with Crippen LogP contribution in [0.2, 0.25) is 0 Å².